The first-order chi connectivity index (χ1) is 10.7. The molecule has 22 heavy (non-hydrogen) atoms. The van der Waals surface area contributed by atoms with Crippen LogP contribution < -0.4 is 0 Å². The largest absolute Gasteiger partial charge is 0.384 e. The molecule has 0 amide bonds. The van der Waals surface area contributed by atoms with E-state index in [0.29, 0.717) is 0 Å². The Hall–Kier alpha value is -1.71. The lowest BCUT2D eigenvalue weighted by molar-refractivity contribution is -0.205. The quantitative estimate of drug-likeness (QED) is 0.940. The fraction of sp³-hybridized carbons (Fsp3) is 0.368. The zero-order valence-corrected chi connectivity index (χ0v) is 12.5. The second kappa shape index (κ2) is 5.18. The maximum atomic E-state index is 13.1. The number of rotatable bonds is 3. The Morgan fingerprint density at radius 2 is 1.64 bits per heavy atom. The van der Waals surface area contributed by atoms with Crippen molar-refractivity contribution in [1.29, 1.82) is 0 Å². The van der Waals surface area contributed by atoms with Crippen LogP contribution in [0.1, 0.15) is 17.5 Å². The minimum atomic E-state index is -0.763. The highest BCUT2D eigenvalue weighted by atomic mass is 19.1. The fourth-order valence-corrected chi connectivity index (χ4v) is 4.16. The monoisotopic (exact) mass is 297 g/mol. The van der Waals surface area contributed by atoms with E-state index < -0.39 is 5.60 Å². The lowest BCUT2D eigenvalue weighted by Gasteiger charge is -2.59. The number of nitrogens with zero attached hydrogens (tertiary/aromatic N) is 1. The summed E-state index contributed by atoms with van der Waals surface area (Å²) in [6, 6.07) is 16.8. The van der Waals surface area contributed by atoms with Gasteiger partial charge in [-0.3, -0.25) is 4.90 Å². The molecule has 3 aliphatic rings. The highest BCUT2D eigenvalue weighted by Crippen LogP contribution is 2.55. The van der Waals surface area contributed by atoms with Gasteiger partial charge in [-0.15, -0.1) is 0 Å². The van der Waals surface area contributed by atoms with Gasteiger partial charge in [-0.1, -0.05) is 42.5 Å². The van der Waals surface area contributed by atoms with Crippen molar-refractivity contribution in [3.05, 3.63) is 71.5 Å². The molecule has 5 rings (SSSR count). The van der Waals surface area contributed by atoms with Crippen LogP contribution in [0.3, 0.4) is 0 Å². The summed E-state index contributed by atoms with van der Waals surface area (Å²) < 4.78 is 13.1. The SMILES string of the molecule is OC1(c2ccc(F)cc2)[C@H]2C[C@H]1CN(Cc1ccccc1)C2. The summed E-state index contributed by atoms with van der Waals surface area (Å²) >= 11 is 0. The minimum absolute atomic E-state index is 0.248. The molecule has 1 aliphatic carbocycles. The summed E-state index contributed by atoms with van der Waals surface area (Å²) in [6.45, 7) is 2.74. The molecule has 0 aromatic heterocycles. The van der Waals surface area contributed by atoms with Crippen LogP contribution in [0.5, 0.6) is 0 Å². The van der Waals surface area contributed by atoms with Gasteiger partial charge in [-0.05, 0) is 29.7 Å². The van der Waals surface area contributed by atoms with Crippen LogP contribution in [0, 0.1) is 17.7 Å². The number of piperidine rings is 2. The van der Waals surface area contributed by atoms with Crippen LogP contribution in [0.15, 0.2) is 54.6 Å². The molecule has 2 atom stereocenters. The van der Waals surface area contributed by atoms with Gasteiger partial charge in [0.05, 0.1) is 5.60 Å². The topological polar surface area (TPSA) is 23.5 Å². The average Bonchev–Trinajstić information content (AvgIpc) is 2.56. The van der Waals surface area contributed by atoms with Crippen LogP contribution in [0.4, 0.5) is 4.39 Å². The smallest absolute Gasteiger partial charge is 0.123 e. The summed E-state index contributed by atoms with van der Waals surface area (Å²) in [7, 11) is 0. The van der Waals surface area contributed by atoms with Crippen molar-refractivity contribution in [1.82, 2.24) is 4.90 Å². The van der Waals surface area contributed by atoms with Gasteiger partial charge >= 0.3 is 0 Å². The van der Waals surface area contributed by atoms with Gasteiger partial charge < -0.3 is 5.11 Å². The third-order valence-corrected chi connectivity index (χ3v) is 5.33. The molecule has 2 bridgehead atoms. The van der Waals surface area contributed by atoms with Crippen LogP contribution in [-0.2, 0) is 12.1 Å². The second-order valence-corrected chi connectivity index (χ2v) is 6.64. The molecule has 0 radical (unpaired) electrons. The molecular formula is C19H20FNO. The summed E-state index contributed by atoms with van der Waals surface area (Å²) in [5, 5.41) is 11.1. The van der Waals surface area contributed by atoms with Gasteiger partial charge in [-0.2, -0.15) is 0 Å². The first-order valence-electron chi connectivity index (χ1n) is 7.91. The fourth-order valence-electron chi connectivity index (χ4n) is 4.16. The molecule has 114 valence electrons. The molecule has 1 saturated carbocycles. The number of benzene rings is 2. The van der Waals surface area contributed by atoms with E-state index in [2.05, 4.69) is 29.2 Å². The van der Waals surface area contributed by atoms with E-state index in [0.717, 1.165) is 31.6 Å². The van der Waals surface area contributed by atoms with E-state index in [1.54, 1.807) is 12.1 Å². The highest BCUT2D eigenvalue weighted by molar-refractivity contribution is 5.30. The lowest BCUT2D eigenvalue weighted by atomic mass is 9.55. The van der Waals surface area contributed by atoms with Crippen LogP contribution in [0.25, 0.3) is 0 Å². The van der Waals surface area contributed by atoms with Gasteiger partial charge in [0.25, 0.3) is 0 Å². The molecule has 0 unspecified atom stereocenters. The predicted octanol–water partition coefficient (Wildman–Crippen LogP) is 3.17. The Bertz CT molecular complexity index is 643. The maximum absolute atomic E-state index is 13.1. The second-order valence-electron chi connectivity index (χ2n) is 6.64. The molecule has 2 saturated heterocycles. The van der Waals surface area contributed by atoms with Crippen molar-refractivity contribution in [2.45, 2.75) is 18.6 Å². The van der Waals surface area contributed by atoms with Crippen molar-refractivity contribution < 1.29 is 9.50 Å². The van der Waals surface area contributed by atoms with Gasteiger partial charge in [0.2, 0.25) is 0 Å². The Morgan fingerprint density at radius 3 is 2.27 bits per heavy atom. The van der Waals surface area contributed by atoms with E-state index in [-0.39, 0.29) is 17.7 Å². The van der Waals surface area contributed by atoms with E-state index in [9.17, 15) is 9.50 Å². The molecule has 2 heterocycles. The Morgan fingerprint density at radius 1 is 1.00 bits per heavy atom. The van der Waals surface area contributed by atoms with Gasteiger partial charge in [-0.25, -0.2) is 4.39 Å². The summed E-state index contributed by atoms with van der Waals surface area (Å²) in [6.07, 6.45) is 1.07. The standard InChI is InChI=1S/C19H20FNO/c20-18-8-6-15(7-9-18)19(22)16-10-17(19)13-21(12-16)11-14-4-2-1-3-5-14/h1-9,16-17,22H,10-13H2/t16-,17-/m0/s1. The highest BCUT2D eigenvalue weighted by Gasteiger charge is 2.58. The number of halogens is 1. The molecule has 3 fully saturated rings. The van der Waals surface area contributed by atoms with Crippen molar-refractivity contribution >= 4 is 0 Å². The van der Waals surface area contributed by atoms with Gasteiger partial charge in [0, 0.05) is 31.5 Å². The summed E-state index contributed by atoms with van der Waals surface area (Å²) in [5.74, 6) is 0.253. The number of aliphatic hydroxyl groups is 1. The molecule has 3 heteroatoms. The molecular weight excluding hydrogens is 277 g/mol. The zero-order valence-electron chi connectivity index (χ0n) is 12.5. The average molecular weight is 297 g/mol. The number of hydrogen-bond donors (Lipinski definition) is 1. The maximum Gasteiger partial charge on any atom is 0.123 e. The summed E-state index contributed by atoms with van der Waals surface area (Å²) in [5.41, 5.74) is 1.42. The third kappa shape index (κ3) is 2.16. The first kappa shape index (κ1) is 13.9. The van der Waals surface area contributed by atoms with Crippen molar-refractivity contribution in [2.75, 3.05) is 13.1 Å². The van der Waals surface area contributed by atoms with E-state index in [1.807, 2.05) is 6.07 Å². The first-order valence-corrected chi connectivity index (χ1v) is 7.91. The molecule has 0 spiro atoms. The van der Waals surface area contributed by atoms with Crippen LogP contribution in [0.2, 0.25) is 0 Å². The van der Waals surface area contributed by atoms with Gasteiger partial charge in [0.15, 0.2) is 0 Å². The zero-order chi connectivity index (χ0) is 15.2. The Balaban J connectivity index is 1.49. The van der Waals surface area contributed by atoms with E-state index >= 15 is 0 Å². The Kier molecular flexibility index (Phi) is 3.28. The molecule has 2 aliphatic heterocycles. The van der Waals surface area contributed by atoms with Crippen LogP contribution >= 0.6 is 0 Å². The normalized spacial score (nSPS) is 30.8. The third-order valence-electron chi connectivity index (χ3n) is 5.33. The van der Waals surface area contributed by atoms with Crippen molar-refractivity contribution in [3.63, 3.8) is 0 Å². The van der Waals surface area contributed by atoms with Crippen molar-refractivity contribution in [3.8, 4) is 0 Å². The Labute approximate surface area is 130 Å². The lowest BCUT2D eigenvalue weighted by Crippen LogP contribution is -2.64. The predicted molar refractivity (Wildman–Crippen MR) is 83.6 cm³/mol. The van der Waals surface area contributed by atoms with Gasteiger partial charge in [0.1, 0.15) is 5.82 Å². The number of fused-ring (bicyclic) bond motifs is 2. The van der Waals surface area contributed by atoms with E-state index in [4.69, 9.17) is 0 Å². The van der Waals surface area contributed by atoms with Crippen LogP contribution in [-0.4, -0.2) is 23.1 Å². The van der Waals surface area contributed by atoms with Crippen molar-refractivity contribution in [2.24, 2.45) is 11.8 Å². The molecule has 2 aromatic carbocycles. The molecule has 2 nitrogen and oxygen atoms in total. The van der Waals surface area contributed by atoms with E-state index in [1.165, 1.54) is 17.7 Å². The minimum Gasteiger partial charge on any atom is -0.384 e. The number of hydrogen-bond acceptors (Lipinski definition) is 2. The summed E-state index contributed by atoms with van der Waals surface area (Å²) in [4.78, 5) is 2.42. The molecule has 2 aromatic rings. The molecule has 1 N–H and O–H groups in total.